The van der Waals surface area contributed by atoms with Crippen LogP contribution in [0.1, 0.15) is 11.6 Å². The van der Waals surface area contributed by atoms with Crippen LogP contribution < -0.4 is 16.0 Å². The number of nitrogens with zero attached hydrogens (tertiary/aromatic N) is 1. The number of fused-ring (bicyclic) bond motifs is 7. The molecule has 23 heavy (non-hydrogen) atoms. The summed E-state index contributed by atoms with van der Waals surface area (Å²) in [6.07, 6.45) is 6.77. The van der Waals surface area contributed by atoms with Crippen molar-refractivity contribution in [3.8, 4) is 0 Å². The summed E-state index contributed by atoms with van der Waals surface area (Å²) in [4.78, 5) is 0. The highest BCUT2D eigenvalue weighted by Gasteiger charge is 2.40. The first-order chi connectivity index (χ1) is 11.3. The Morgan fingerprint density at radius 2 is 1.91 bits per heavy atom. The van der Waals surface area contributed by atoms with Gasteiger partial charge in [-0.2, -0.15) is 0 Å². The van der Waals surface area contributed by atoms with Gasteiger partial charge in [-0.15, -0.1) is 0 Å². The van der Waals surface area contributed by atoms with Crippen LogP contribution in [-0.4, -0.2) is 10.6 Å². The number of aromatic nitrogens is 1. The normalized spacial score (nSPS) is 22.6. The zero-order valence-corrected chi connectivity index (χ0v) is 13.8. The molecular weight excluding hydrogens is 348 g/mol. The largest absolute Gasteiger partial charge is 0.375 e. The maximum Gasteiger partial charge on any atom is 0.0784 e. The van der Waals surface area contributed by atoms with E-state index in [0.717, 1.165) is 4.47 Å². The van der Waals surface area contributed by atoms with Crippen molar-refractivity contribution in [2.75, 3.05) is 5.32 Å². The van der Waals surface area contributed by atoms with Gasteiger partial charge in [0.25, 0.3) is 0 Å². The molecule has 0 saturated carbocycles. The van der Waals surface area contributed by atoms with Gasteiger partial charge in [0.2, 0.25) is 0 Å². The molecule has 4 heterocycles. The van der Waals surface area contributed by atoms with E-state index in [1.54, 1.807) is 0 Å². The van der Waals surface area contributed by atoms with Crippen LogP contribution in [0.4, 0.5) is 5.69 Å². The van der Waals surface area contributed by atoms with Gasteiger partial charge in [0.1, 0.15) is 0 Å². The van der Waals surface area contributed by atoms with Crippen LogP contribution in [0, 0.1) is 0 Å². The third kappa shape index (κ3) is 1.35. The summed E-state index contributed by atoms with van der Waals surface area (Å²) in [5.41, 5.74) is 4.01. The number of halogens is 1. The number of hydrogen-bond acceptors (Lipinski definition) is 1. The van der Waals surface area contributed by atoms with Crippen molar-refractivity contribution in [3.63, 3.8) is 0 Å². The first-order valence-electron chi connectivity index (χ1n) is 7.91. The summed E-state index contributed by atoms with van der Waals surface area (Å²) in [6.45, 7) is 0. The predicted molar refractivity (Wildman–Crippen MR) is 97.9 cm³/mol. The molecule has 1 aromatic heterocycles. The molecule has 3 aromatic rings. The molecule has 110 valence electrons. The summed E-state index contributed by atoms with van der Waals surface area (Å²) in [6, 6.07) is 16.0. The lowest BCUT2D eigenvalue weighted by molar-refractivity contribution is 0.591. The van der Waals surface area contributed by atoms with Crippen LogP contribution in [0.2, 0.25) is 0 Å². The van der Waals surface area contributed by atoms with Crippen molar-refractivity contribution >= 4 is 44.0 Å². The van der Waals surface area contributed by atoms with Gasteiger partial charge in [0.15, 0.2) is 0 Å². The molecule has 0 fully saturated rings. The molecule has 2 unspecified atom stereocenters. The van der Waals surface area contributed by atoms with E-state index in [2.05, 4.69) is 86.5 Å². The van der Waals surface area contributed by atoms with Gasteiger partial charge in [0, 0.05) is 37.4 Å². The van der Waals surface area contributed by atoms with Gasteiger partial charge in [-0.05, 0) is 24.3 Å². The number of nitrogens with one attached hydrogen (secondary N) is 1. The first kappa shape index (κ1) is 12.2. The highest BCUT2D eigenvalue weighted by molar-refractivity contribution is 9.10. The van der Waals surface area contributed by atoms with Crippen molar-refractivity contribution in [1.29, 1.82) is 0 Å². The van der Waals surface area contributed by atoms with Crippen molar-refractivity contribution in [1.82, 2.24) is 4.57 Å². The summed E-state index contributed by atoms with van der Waals surface area (Å²) in [7, 11) is 0. The number of allylic oxidation sites excluding steroid dienone is 1. The minimum atomic E-state index is 0.336. The molecule has 3 heteroatoms. The van der Waals surface area contributed by atoms with Gasteiger partial charge in [-0.3, -0.25) is 0 Å². The molecule has 2 nitrogen and oxygen atoms in total. The molecular formula is C20H13BrN2. The third-order valence-corrected chi connectivity index (χ3v) is 5.80. The van der Waals surface area contributed by atoms with E-state index in [4.69, 9.17) is 0 Å². The Morgan fingerprint density at radius 3 is 2.83 bits per heavy atom. The molecule has 6 rings (SSSR count). The van der Waals surface area contributed by atoms with E-state index >= 15 is 0 Å². The highest BCUT2D eigenvalue weighted by atomic mass is 79.9. The quantitative estimate of drug-likeness (QED) is 0.650. The Morgan fingerprint density at radius 1 is 1.04 bits per heavy atom. The Bertz CT molecular complexity index is 1170. The predicted octanol–water partition coefficient (Wildman–Crippen LogP) is 3.30. The Labute approximate surface area is 141 Å². The van der Waals surface area contributed by atoms with E-state index in [1.807, 2.05) is 0 Å². The number of rotatable bonds is 0. The number of benzene rings is 2. The lowest BCUT2D eigenvalue weighted by Gasteiger charge is -2.20. The highest BCUT2D eigenvalue weighted by Crippen LogP contribution is 2.42. The minimum Gasteiger partial charge on any atom is -0.375 e. The van der Waals surface area contributed by atoms with Gasteiger partial charge in [-0.1, -0.05) is 52.3 Å². The van der Waals surface area contributed by atoms with E-state index in [1.165, 1.54) is 38.3 Å². The van der Waals surface area contributed by atoms with Gasteiger partial charge >= 0.3 is 0 Å². The first-order valence-corrected chi connectivity index (χ1v) is 8.70. The molecule has 3 aliphatic heterocycles. The third-order valence-electron chi connectivity index (χ3n) is 5.31. The van der Waals surface area contributed by atoms with Crippen LogP contribution in [0.25, 0.3) is 22.4 Å². The maximum atomic E-state index is 3.74. The van der Waals surface area contributed by atoms with Crippen molar-refractivity contribution in [2.45, 2.75) is 12.1 Å². The van der Waals surface area contributed by atoms with Gasteiger partial charge in [0.05, 0.1) is 17.4 Å². The monoisotopic (exact) mass is 360 g/mol. The molecule has 0 amide bonds. The molecule has 0 aliphatic carbocycles. The van der Waals surface area contributed by atoms with Crippen LogP contribution in [-0.2, 0) is 0 Å². The fourth-order valence-corrected chi connectivity index (χ4v) is 4.82. The SMILES string of the molecule is Brc1ccc2c(c1)C1=c3c4ccccc4c4n3C(C=CC=4)C1N2. The molecule has 2 aromatic carbocycles. The Hall–Kier alpha value is -2.26. The molecule has 0 spiro atoms. The summed E-state index contributed by atoms with van der Waals surface area (Å²) in [5, 5.41) is 9.17. The number of anilines is 1. The standard InChI is InChI=1S/C20H13BrN2/c21-11-8-9-15-14(10-11)18-19(22-15)17-7-3-6-16-12-4-1-2-5-13(12)20(18)23(16)17/h1-10,17,19,22H. The topological polar surface area (TPSA) is 17.0 Å². The zero-order valence-electron chi connectivity index (χ0n) is 12.3. The second-order valence-electron chi connectivity index (χ2n) is 6.42. The van der Waals surface area contributed by atoms with Gasteiger partial charge < -0.3 is 9.88 Å². The van der Waals surface area contributed by atoms with Crippen LogP contribution in [0.3, 0.4) is 0 Å². The number of hydrogen-bond donors (Lipinski definition) is 1. The Balaban J connectivity index is 1.88. The Kier molecular flexibility index (Phi) is 2.11. The smallest absolute Gasteiger partial charge is 0.0784 e. The van der Waals surface area contributed by atoms with E-state index in [-0.39, 0.29) is 0 Å². The maximum absolute atomic E-state index is 3.74. The average molecular weight is 361 g/mol. The molecule has 0 radical (unpaired) electrons. The lowest BCUT2D eigenvalue weighted by Crippen LogP contribution is -2.32. The summed E-state index contributed by atoms with van der Waals surface area (Å²) < 4.78 is 3.65. The fraction of sp³-hybridized carbons (Fsp3) is 0.100. The average Bonchev–Trinajstić information content (AvgIpc) is 3.20. The fourth-order valence-electron chi connectivity index (χ4n) is 4.46. The van der Waals surface area contributed by atoms with E-state index in [0.29, 0.717) is 12.1 Å². The zero-order chi connectivity index (χ0) is 15.1. The van der Waals surface area contributed by atoms with Gasteiger partial charge in [-0.25, -0.2) is 0 Å². The minimum absolute atomic E-state index is 0.336. The summed E-state index contributed by atoms with van der Waals surface area (Å²) in [5.74, 6) is 0. The van der Waals surface area contributed by atoms with E-state index in [9.17, 15) is 0 Å². The van der Waals surface area contributed by atoms with Crippen LogP contribution >= 0.6 is 15.9 Å². The second kappa shape index (κ2) is 3.98. The molecule has 0 saturated heterocycles. The van der Waals surface area contributed by atoms with E-state index < -0.39 is 0 Å². The molecule has 3 aliphatic rings. The second-order valence-corrected chi connectivity index (χ2v) is 7.33. The van der Waals surface area contributed by atoms with Crippen molar-refractivity contribution < 1.29 is 0 Å². The van der Waals surface area contributed by atoms with Crippen LogP contribution in [0.15, 0.2) is 59.1 Å². The lowest BCUT2D eigenvalue weighted by atomic mass is 9.97. The van der Waals surface area contributed by atoms with Crippen molar-refractivity contribution in [2.24, 2.45) is 0 Å². The summed E-state index contributed by atoms with van der Waals surface area (Å²) >= 11 is 3.63. The molecule has 1 N–H and O–H groups in total. The van der Waals surface area contributed by atoms with Crippen LogP contribution in [0.5, 0.6) is 0 Å². The molecule has 2 atom stereocenters. The van der Waals surface area contributed by atoms with Crippen molar-refractivity contribution in [3.05, 3.63) is 75.4 Å². The molecule has 0 bridgehead atoms.